The molecular formula is C18H22O4. The van der Waals surface area contributed by atoms with Gasteiger partial charge in [-0.05, 0) is 24.7 Å². The van der Waals surface area contributed by atoms with Crippen LogP contribution < -0.4 is 0 Å². The molecule has 2 bridgehead atoms. The molecule has 22 heavy (non-hydrogen) atoms. The minimum absolute atomic E-state index is 0.165. The van der Waals surface area contributed by atoms with E-state index in [9.17, 15) is 9.59 Å². The van der Waals surface area contributed by atoms with Crippen LogP contribution in [-0.4, -0.2) is 25.2 Å². The molecule has 4 heteroatoms. The summed E-state index contributed by atoms with van der Waals surface area (Å²) in [6, 6.07) is 0. The highest BCUT2D eigenvalue weighted by molar-refractivity contribution is 5.66. The molecule has 0 fully saturated rings. The molecule has 2 unspecified atom stereocenters. The van der Waals surface area contributed by atoms with Crippen LogP contribution in [0.2, 0.25) is 0 Å². The van der Waals surface area contributed by atoms with Gasteiger partial charge in [-0.15, -0.1) is 12.3 Å². The van der Waals surface area contributed by atoms with Gasteiger partial charge in [-0.25, -0.2) is 0 Å². The highest BCUT2D eigenvalue weighted by Gasteiger charge is 2.38. The van der Waals surface area contributed by atoms with Crippen molar-refractivity contribution in [1.82, 2.24) is 0 Å². The molecule has 0 saturated heterocycles. The number of hydrogen-bond donors (Lipinski definition) is 0. The highest BCUT2D eigenvalue weighted by Crippen LogP contribution is 2.44. The Hall–Kier alpha value is -2.02. The zero-order valence-electron chi connectivity index (χ0n) is 13.1. The van der Waals surface area contributed by atoms with Crippen molar-refractivity contribution >= 4 is 11.9 Å². The summed E-state index contributed by atoms with van der Waals surface area (Å²) in [5.74, 6) is 2.88. The van der Waals surface area contributed by atoms with Crippen LogP contribution in [0, 0.1) is 29.6 Å². The summed E-state index contributed by atoms with van der Waals surface area (Å²) in [6.07, 6.45) is 14.4. The summed E-state index contributed by atoms with van der Waals surface area (Å²) in [5.41, 5.74) is 0.762. The maximum Gasteiger partial charge on any atom is 0.302 e. The summed E-state index contributed by atoms with van der Waals surface area (Å²) in [4.78, 5) is 22.4. The Morgan fingerprint density at radius 2 is 1.91 bits per heavy atom. The SMILES string of the molecule is C#CCC(COC(C)=O)(COC(C)=O)CC1=CC2C=CC1C2. The number of carbonyl (C=O) groups excluding carboxylic acids is 2. The zero-order valence-corrected chi connectivity index (χ0v) is 13.1. The molecule has 0 amide bonds. The number of hydrogen-bond acceptors (Lipinski definition) is 4. The normalized spacial score (nSPS) is 22.1. The summed E-state index contributed by atoms with van der Waals surface area (Å²) in [6.45, 7) is 3.06. The molecule has 2 aliphatic carbocycles. The van der Waals surface area contributed by atoms with Gasteiger partial charge in [-0.3, -0.25) is 9.59 Å². The van der Waals surface area contributed by atoms with Gasteiger partial charge in [0.05, 0.1) is 5.41 Å². The van der Waals surface area contributed by atoms with Crippen molar-refractivity contribution in [3.63, 3.8) is 0 Å². The number of terminal acetylenes is 1. The van der Waals surface area contributed by atoms with E-state index in [0.29, 0.717) is 24.7 Å². The molecule has 0 radical (unpaired) electrons. The van der Waals surface area contributed by atoms with Crippen molar-refractivity contribution < 1.29 is 19.1 Å². The van der Waals surface area contributed by atoms with Gasteiger partial charge in [0.15, 0.2) is 0 Å². The Labute approximate surface area is 131 Å². The van der Waals surface area contributed by atoms with E-state index >= 15 is 0 Å². The molecule has 0 heterocycles. The minimum Gasteiger partial charge on any atom is -0.465 e. The average Bonchev–Trinajstić information content (AvgIpc) is 3.05. The van der Waals surface area contributed by atoms with Gasteiger partial charge in [0, 0.05) is 20.3 Å². The van der Waals surface area contributed by atoms with Crippen molar-refractivity contribution in [3.8, 4) is 12.3 Å². The number of rotatable bonds is 7. The van der Waals surface area contributed by atoms with Crippen molar-refractivity contribution in [2.24, 2.45) is 17.3 Å². The third kappa shape index (κ3) is 4.00. The summed E-state index contributed by atoms with van der Waals surface area (Å²) in [7, 11) is 0. The lowest BCUT2D eigenvalue weighted by molar-refractivity contribution is -0.151. The lowest BCUT2D eigenvalue weighted by Gasteiger charge is -2.32. The fraction of sp³-hybridized carbons (Fsp3) is 0.556. The van der Waals surface area contributed by atoms with Crippen LogP contribution in [0.5, 0.6) is 0 Å². The van der Waals surface area contributed by atoms with Crippen molar-refractivity contribution in [1.29, 1.82) is 0 Å². The van der Waals surface area contributed by atoms with E-state index in [1.807, 2.05) is 0 Å². The van der Waals surface area contributed by atoms with E-state index in [1.165, 1.54) is 19.4 Å². The van der Waals surface area contributed by atoms with Gasteiger partial charge in [-0.2, -0.15) is 0 Å². The molecule has 118 valence electrons. The molecule has 4 nitrogen and oxygen atoms in total. The van der Waals surface area contributed by atoms with E-state index in [-0.39, 0.29) is 25.2 Å². The third-order valence-corrected chi connectivity index (χ3v) is 4.24. The molecule has 0 spiro atoms. The summed E-state index contributed by atoms with van der Waals surface area (Å²) in [5, 5.41) is 0. The lowest BCUT2D eigenvalue weighted by atomic mass is 9.77. The standard InChI is InChI=1S/C18H22O4/c1-4-7-18(11-21-13(2)19,12-22-14(3)20)10-17-9-15-5-6-16(17)8-15/h1,5-6,9,15-16H,7-8,10-12H2,2-3H3. The fourth-order valence-corrected chi connectivity index (χ4v) is 3.18. The first-order valence-electron chi connectivity index (χ1n) is 7.53. The Balaban J connectivity index is 2.13. The second kappa shape index (κ2) is 6.83. The number of fused-ring (bicyclic) bond motifs is 2. The van der Waals surface area contributed by atoms with Gasteiger partial charge in [0.25, 0.3) is 0 Å². The fourth-order valence-electron chi connectivity index (χ4n) is 3.18. The van der Waals surface area contributed by atoms with E-state index in [1.54, 1.807) is 0 Å². The van der Waals surface area contributed by atoms with E-state index in [0.717, 1.165) is 6.42 Å². The Bertz CT molecular complexity index is 532. The second-order valence-corrected chi connectivity index (χ2v) is 6.25. The van der Waals surface area contributed by atoms with Gasteiger partial charge in [-0.1, -0.05) is 23.8 Å². The van der Waals surface area contributed by atoms with Crippen molar-refractivity contribution in [2.45, 2.75) is 33.1 Å². The minimum atomic E-state index is -0.545. The van der Waals surface area contributed by atoms with Gasteiger partial charge >= 0.3 is 11.9 Å². The monoisotopic (exact) mass is 302 g/mol. The average molecular weight is 302 g/mol. The number of carbonyl (C=O) groups is 2. The predicted molar refractivity (Wildman–Crippen MR) is 82.6 cm³/mol. The van der Waals surface area contributed by atoms with Gasteiger partial charge in [0.1, 0.15) is 13.2 Å². The van der Waals surface area contributed by atoms with E-state index in [2.05, 4.69) is 24.1 Å². The molecule has 0 aromatic carbocycles. The second-order valence-electron chi connectivity index (χ2n) is 6.25. The first-order chi connectivity index (χ1) is 10.4. The molecule has 0 saturated carbocycles. The number of ether oxygens (including phenoxy) is 2. The first kappa shape index (κ1) is 16.4. The van der Waals surface area contributed by atoms with Crippen LogP contribution in [-0.2, 0) is 19.1 Å². The predicted octanol–water partition coefficient (Wildman–Crippen LogP) is 2.64. The van der Waals surface area contributed by atoms with Crippen LogP contribution in [0.15, 0.2) is 23.8 Å². The van der Waals surface area contributed by atoms with Gasteiger partial charge in [0.2, 0.25) is 0 Å². The van der Waals surface area contributed by atoms with Crippen LogP contribution in [0.4, 0.5) is 0 Å². The Morgan fingerprint density at radius 3 is 2.32 bits per heavy atom. The van der Waals surface area contributed by atoms with E-state index in [4.69, 9.17) is 15.9 Å². The van der Waals surface area contributed by atoms with Crippen molar-refractivity contribution in [2.75, 3.05) is 13.2 Å². The Kier molecular flexibility index (Phi) is 5.07. The molecule has 0 aromatic heterocycles. The molecule has 0 aliphatic heterocycles. The van der Waals surface area contributed by atoms with Crippen LogP contribution >= 0.6 is 0 Å². The maximum absolute atomic E-state index is 11.2. The highest BCUT2D eigenvalue weighted by atomic mass is 16.5. The topological polar surface area (TPSA) is 52.6 Å². The molecular weight excluding hydrogens is 280 g/mol. The number of allylic oxidation sites excluding steroid dienone is 4. The Morgan fingerprint density at radius 1 is 1.27 bits per heavy atom. The van der Waals surface area contributed by atoms with Crippen LogP contribution in [0.25, 0.3) is 0 Å². The molecule has 0 N–H and O–H groups in total. The quantitative estimate of drug-likeness (QED) is 0.412. The third-order valence-electron chi connectivity index (χ3n) is 4.24. The van der Waals surface area contributed by atoms with Crippen LogP contribution in [0.1, 0.15) is 33.1 Å². The molecule has 2 rings (SSSR count). The van der Waals surface area contributed by atoms with Crippen LogP contribution in [0.3, 0.4) is 0 Å². The largest absolute Gasteiger partial charge is 0.465 e. The lowest BCUT2D eigenvalue weighted by Crippen LogP contribution is -2.35. The smallest absolute Gasteiger partial charge is 0.302 e. The first-order valence-corrected chi connectivity index (χ1v) is 7.53. The van der Waals surface area contributed by atoms with Crippen molar-refractivity contribution in [3.05, 3.63) is 23.8 Å². The van der Waals surface area contributed by atoms with E-state index < -0.39 is 5.41 Å². The molecule has 0 aromatic rings. The summed E-state index contributed by atoms with van der Waals surface area (Å²) >= 11 is 0. The summed E-state index contributed by atoms with van der Waals surface area (Å²) < 4.78 is 10.4. The molecule has 2 aliphatic rings. The van der Waals surface area contributed by atoms with Gasteiger partial charge < -0.3 is 9.47 Å². The maximum atomic E-state index is 11.2. The zero-order chi connectivity index (χ0) is 16.2. The molecule has 2 atom stereocenters. The number of esters is 2.